The third-order valence-corrected chi connectivity index (χ3v) is 5.26. The SMILES string of the molecule is Cc1ccc2c(Cl)cc(Cl)c(OCc3nc4ccccc4s3)c2n1. The van der Waals surface area contributed by atoms with Crippen LogP contribution in [0.15, 0.2) is 42.5 Å². The van der Waals surface area contributed by atoms with Crippen LogP contribution in [0.2, 0.25) is 10.0 Å². The number of hydrogen-bond donors (Lipinski definition) is 0. The molecule has 0 radical (unpaired) electrons. The van der Waals surface area contributed by atoms with Crippen molar-refractivity contribution in [1.82, 2.24) is 9.97 Å². The maximum absolute atomic E-state index is 6.34. The highest BCUT2D eigenvalue weighted by Crippen LogP contribution is 2.38. The van der Waals surface area contributed by atoms with Crippen molar-refractivity contribution in [2.75, 3.05) is 0 Å². The first kappa shape index (κ1) is 15.6. The Balaban J connectivity index is 1.72. The summed E-state index contributed by atoms with van der Waals surface area (Å²) >= 11 is 14.2. The second kappa shape index (κ2) is 6.20. The van der Waals surface area contributed by atoms with E-state index < -0.39 is 0 Å². The lowest BCUT2D eigenvalue weighted by molar-refractivity contribution is 0.309. The molecule has 2 aromatic heterocycles. The van der Waals surface area contributed by atoms with E-state index in [4.69, 9.17) is 27.9 Å². The zero-order chi connectivity index (χ0) is 16.7. The van der Waals surface area contributed by atoms with Gasteiger partial charge < -0.3 is 4.74 Å². The summed E-state index contributed by atoms with van der Waals surface area (Å²) < 4.78 is 7.11. The second-order valence-electron chi connectivity index (χ2n) is 5.38. The molecule has 2 aromatic carbocycles. The molecule has 0 amide bonds. The van der Waals surface area contributed by atoms with Crippen LogP contribution >= 0.6 is 34.5 Å². The Hall–Kier alpha value is -1.88. The van der Waals surface area contributed by atoms with E-state index in [-0.39, 0.29) is 0 Å². The fourth-order valence-electron chi connectivity index (χ4n) is 2.54. The third kappa shape index (κ3) is 2.81. The van der Waals surface area contributed by atoms with E-state index in [0.29, 0.717) is 27.9 Å². The van der Waals surface area contributed by atoms with Crippen molar-refractivity contribution in [3.05, 3.63) is 63.2 Å². The van der Waals surface area contributed by atoms with Gasteiger partial charge in [0.15, 0.2) is 5.75 Å². The Kier molecular flexibility index (Phi) is 4.04. The summed E-state index contributed by atoms with van der Waals surface area (Å²) in [7, 11) is 0. The van der Waals surface area contributed by atoms with Crippen LogP contribution in [-0.2, 0) is 6.61 Å². The number of para-hydroxylation sites is 1. The van der Waals surface area contributed by atoms with E-state index in [1.165, 1.54) is 0 Å². The predicted octanol–water partition coefficient (Wildman–Crippen LogP) is 6.04. The van der Waals surface area contributed by atoms with Gasteiger partial charge in [-0.1, -0.05) is 35.3 Å². The van der Waals surface area contributed by atoms with Crippen molar-refractivity contribution in [1.29, 1.82) is 0 Å². The van der Waals surface area contributed by atoms with Gasteiger partial charge in [0, 0.05) is 11.1 Å². The lowest BCUT2D eigenvalue weighted by atomic mass is 10.2. The molecule has 3 nitrogen and oxygen atoms in total. The van der Waals surface area contributed by atoms with Crippen LogP contribution in [0.3, 0.4) is 0 Å². The van der Waals surface area contributed by atoms with Crippen LogP contribution in [0.1, 0.15) is 10.7 Å². The molecule has 4 rings (SSSR count). The molecule has 0 unspecified atom stereocenters. The number of aromatic nitrogens is 2. The van der Waals surface area contributed by atoms with Crippen LogP contribution in [0, 0.1) is 6.92 Å². The molecule has 120 valence electrons. The molecule has 0 spiro atoms. The molecule has 4 aromatic rings. The number of rotatable bonds is 3. The molecule has 2 heterocycles. The molecule has 0 aliphatic carbocycles. The predicted molar refractivity (Wildman–Crippen MR) is 100 cm³/mol. The van der Waals surface area contributed by atoms with Gasteiger partial charge in [0.2, 0.25) is 0 Å². The van der Waals surface area contributed by atoms with Gasteiger partial charge in [-0.3, -0.25) is 0 Å². The minimum Gasteiger partial charge on any atom is -0.483 e. The average molecular weight is 375 g/mol. The van der Waals surface area contributed by atoms with Crippen LogP contribution in [0.5, 0.6) is 5.75 Å². The van der Waals surface area contributed by atoms with Crippen molar-refractivity contribution in [3.8, 4) is 5.75 Å². The smallest absolute Gasteiger partial charge is 0.164 e. The summed E-state index contributed by atoms with van der Waals surface area (Å²) in [6.07, 6.45) is 0. The van der Waals surface area contributed by atoms with Crippen LogP contribution in [0.4, 0.5) is 0 Å². The summed E-state index contributed by atoms with van der Waals surface area (Å²) in [6, 6.07) is 13.6. The maximum atomic E-state index is 6.34. The number of benzene rings is 2. The van der Waals surface area contributed by atoms with Gasteiger partial charge in [0.05, 0.1) is 20.3 Å². The van der Waals surface area contributed by atoms with E-state index in [1.54, 1.807) is 17.4 Å². The van der Waals surface area contributed by atoms with Crippen molar-refractivity contribution >= 4 is 55.7 Å². The minimum absolute atomic E-state index is 0.339. The molecular weight excluding hydrogens is 363 g/mol. The number of ether oxygens (including phenoxy) is 1. The van der Waals surface area contributed by atoms with Crippen LogP contribution < -0.4 is 4.74 Å². The Labute approximate surface area is 152 Å². The van der Waals surface area contributed by atoms with Crippen molar-refractivity contribution in [3.63, 3.8) is 0 Å². The number of nitrogens with zero attached hydrogens (tertiary/aromatic N) is 2. The van der Waals surface area contributed by atoms with Crippen LogP contribution in [0.25, 0.3) is 21.1 Å². The number of thiazole rings is 1. The largest absolute Gasteiger partial charge is 0.483 e. The molecule has 6 heteroatoms. The van der Waals surface area contributed by atoms with E-state index in [2.05, 4.69) is 9.97 Å². The van der Waals surface area contributed by atoms with Crippen molar-refractivity contribution in [2.45, 2.75) is 13.5 Å². The summed E-state index contributed by atoms with van der Waals surface area (Å²) in [5.41, 5.74) is 2.53. The fraction of sp³-hybridized carbons (Fsp3) is 0.111. The quantitative estimate of drug-likeness (QED) is 0.438. The summed E-state index contributed by atoms with van der Waals surface area (Å²) in [6.45, 7) is 2.26. The van der Waals surface area contributed by atoms with E-state index in [1.807, 2.05) is 43.3 Å². The van der Waals surface area contributed by atoms with Gasteiger partial charge in [-0.25, -0.2) is 9.97 Å². The monoisotopic (exact) mass is 374 g/mol. The molecule has 0 fully saturated rings. The Morgan fingerprint density at radius 2 is 1.88 bits per heavy atom. The lowest BCUT2D eigenvalue weighted by Gasteiger charge is -2.11. The maximum Gasteiger partial charge on any atom is 0.164 e. The van der Waals surface area contributed by atoms with Gasteiger partial charge in [0.25, 0.3) is 0 Å². The molecular formula is C18H12Cl2N2OS. The first-order valence-electron chi connectivity index (χ1n) is 7.34. The number of fused-ring (bicyclic) bond motifs is 2. The summed E-state index contributed by atoms with van der Waals surface area (Å²) in [4.78, 5) is 9.12. The Morgan fingerprint density at radius 3 is 2.71 bits per heavy atom. The van der Waals surface area contributed by atoms with E-state index in [0.717, 1.165) is 26.3 Å². The molecule has 0 aliphatic rings. The highest BCUT2D eigenvalue weighted by atomic mass is 35.5. The third-order valence-electron chi connectivity index (χ3n) is 3.66. The molecule has 0 bridgehead atoms. The molecule has 0 aliphatic heterocycles. The second-order valence-corrected chi connectivity index (χ2v) is 7.31. The van der Waals surface area contributed by atoms with E-state index >= 15 is 0 Å². The number of halogens is 2. The van der Waals surface area contributed by atoms with Crippen molar-refractivity contribution < 1.29 is 4.74 Å². The average Bonchev–Trinajstić information content (AvgIpc) is 2.97. The van der Waals surface area contributed by atoms with E-state index in [9.17, 15) is 0 Å². The Bertz CT molecular complexity index is 1030. The molecule has 0 atom stereocenters. The zero-order valence-electron chi connectivity index (χ0n) is 12.7. The Morgan fingerprint density at radius 1 is 1.04 bits per heavy atom. The first-order valence-corrected chi connectivity index (χ1v) is 8.91. The first-order chi connectivity index (χ1) is 11.6. The van der Waals surface area contributed by atoms with Gasteiger partial charge in [-0.2, -0.15) is 0 Å². The topological polar surface area (TPSA) is 35.0 Å². The normalized spacial score (nSPS) is 11.3. The summed E-state index contributed by atoms with van der Waals surface area (Å²) in [5.74, 6) is 0.541. The zero-order valence-corrected chi connectivity index (χ0v) is 15.0. The van der Waals surface area contributed by atoms with Gasteiger partial charge in [0.1, 0.15) is 17.1 Å². The van der Waals surface area contributed by atoms with Crippen LogP contribution in [-0.4, -0.2) is 9.97 Å². The lowest BCUT2D eigenvalue weighted by Crippen LogP contribution is -1.98. The highest BCUT2D eigenvalue weighted by Gasteiger charge is 2.14. The molecule has 24 heavy (non-hydrogen) atoms. The number of pyridine rings is 1. The fourth-order valence-corrected chi connectivity index (χ4v) is 3.99. The van der Waals surface area contributed by atoms with Crippen molar-refractivity contribution in [2.24, 2.45) is 0 Å². The summed E-state index contributed by atoms with van der Waals surface area (Å²) in [5, 5.41) is 2.73. The molecule has 0 N–H and O–H groups in total. The minimum atomic E-state index is 0.339. The van der Waals surface area contributed by atoms with Gasteiger partial charge in [-0.05, 0) is 37.3 Å². The number of hydrogen-bond acceptors (Lipinski definition) is 4. The highest BCUT2D eigenvalue weighted by molar-refractivity contribution is 7.18. The molecule has 0 saturated heterocycles. The standard InChI is InChI=1S/C18H12Cl2N2OS/c1-10-6-7-11-12(19)8-13(20)18(17(11)21-10)23-9-16-22-14-4-2-3-5-15(14)24-16/h2-8H,9H2,1H3. The number of aryl methyl sites for hydroxylation is 1. The van der Waals surface area contributed by atoms with Gasteiger partial charge >= 0.3 is 0 Å². The molecule has 0 saturated carbocycles. The van der Waals surface area contributed by atoms with Gasteiger partial charge in [-0.15, -0.1) is 11.3 Å².